The Morgan fingerprint density at radius 2 is 1.79 bits per heavy atom. The van der Waals surface area contributed by atoms with Crippen LogP contribution in [0.15, 0.2) is 0 Å². The Balaban J connectivity index is 2.55. The van der Waals surface area contributed by atoms with Crippen molar-refractivity contribution < 1.29 is 14.7 Å². The van der Waals surface area contributed by atoms with Gasteiger partial charge in [0, 0.05) is 19.1 Å². The molecule has 0 bridgehead atoms. The molecule has 1 unspecified atom stereocenters. The van der Waals surface area contributed by atoms with Gasteiger partial charge in [-0.1, -0.05) is 12.8 Å². The first-order valence-electron chi connectivity index (χ1n) is 6.71. The van der Waals surface area contributed by atoms with E-state index in [-0.39, 0.29) is 11.6 Å². The highest BCUT2D eigenvalue weighted by molar-refractivity contribution is 5.82. The lowest BCUT2D eigenvalue weighted by molar-refractivity contribution is -0.141. The van der Waals surface area contributed by atoms with Crippen LogP contribution >= 0.6 is 0 Å². The van der Waals surface area contributed by atoms with Gasteiger partial charge in [0.15, 0.2) is 0 Å². The maximum Gasteiger partial charge on any atom is 0.326 e. The lowest BCUT2D eigenvalue weighted by Gasteiger charge is -2.37. The van der Waals surface area contributed by atoms with E-state index in [9.17, 15) is 9.59 Å². The number of nitrogens with zero attached hydrogens (tertiary/aromatic N) is 2. The maximum atomic E-state index is 11.9. The van der Waals surface area contributed by atoms with Gasteiger partial charge in [0.2, 0.25) is 0 Å². The first kappa shape index (κ1) is 15.8. The average Bonchev–Trinajstić information content (AvgIpc) is 2.84. The molecule has 0 heterocycles. The summed E-state index contributed by atoms with van der Waals surface area (Å²) in [6, 6.07) is -1.15. The number of hydrogen-bond acceptors (Lipinski definition) is 3. The summed E-state index contributed by atoms with van der Waals surface area (Å²) in [4.78, 5) is 26.2. The summed E-state index contributed by atoms with van der Waals surface area (Å²) in [6.45, 7) is 2.06. The molecular formula is C13H25N3O3. The van der Waals surface area contributed by atoms with Crippen LogP contribution in [0.3, 0.4) is 0 Å². The summed E-state index contributed by atoms with van der Waals surface area (Å²) >= 11 is 0. The lowest BCUT2D eigenvalue weighted by Crippen LogP contribution is -2.54. The average molecular weight is 271 g/mol. The maximum absolute atomic E-state index is 11.9. The second-order valence-corrected chi connectivity index (χ2v) is 5.61. The predicted octanol–water partition coefficient (Wildman–Crippen LogP) is 0.975. The third kappa shape index (κ3) is 3.59. The minimum atomic E-state index is -0.999. The van der Waals surface area contributed by atoms with Crippen LogP contribution in [0.2, 0.25) is 0 Å². The molecule has 0 saturated heterocycles. The van der Waals surface area contributed by atoms with Crippen molar-refractivity contribution >= 4 is 12.0 Å². The van der Waals surface area contributed by atoms with Crippen molar-refractivity contribution in [2.45, 2.75) is 44.2 Å². The number of amides is 2. The van der Waals surface area contributed by atoms with Crippen LogP contribution in [-0.4, -0.2) is 66.2 Å². The molecule has 0 aromatic heterocycles. The second kappa shape index (κ2) is 6.23. The fraction of sp³-hybridized carbons (Fsp3) is 0.846. The molecule has 1 atom stereocenters. The molecule has 2 amide bonds. The Bertz CT molecular complexity index is 338. The molecule has 0 radical (unpaired) electrons. The summed E-state index contributed by atoms with van der Waals surface area (Å²) in [5.74, 6) is -0.999. The SMILES string of the molecule is CC(C(=O)O)N(C)C(=O)NCC1(N(C)C)CCCC1. The summed E-state index contributed by atoms with van der Waals surface area (Å²) in [6.07, 6.45) is 4.49. The van der Waals surface area contributed by atoms with Gasteiger partial charge in [0.05, 0.1) is 0 Å². The monoisotopic (exact) mass is 271 g/mol. The fourth-order valence-electron chi connectivity index (χ4n) is 2.52. The van der Waals surface area contributed by atoms with Gasteiger partial charge in [-0.05, 0) is 33.9 Å². The fourth-order valence-corrected chi connectivity index (χ4v) is 2.52. The summed E-state index contributed by atoms with van der Waals surface area (Å²) < 4.78 is 0. The Labute approximate surface area is 114 Å². The highest BCUT2D eigenvalue weighted by Gasteiger charge is 2.36. The largest absolute Gasteiger partial charge is 0.480 e. The summed E-state index contributed by atoms with van der Waals surface area (Å²) in [7, 11) is 5.56. The zero-order chi connectivity index (χ0) is 14.6. The van der Waals surface area contributed by atoms with Gasteiger partial charge >= 0.3 is 12.0 Å². The van der Waals surface area contributed by atoms with Gasteiger partial charge in [-0.3, -0.25) is 0 Å². The van der Waals surface area contributed by atoms with Crippen LogP contribution in [0.5, 0.6) is 0 Å². The number of carbonyl (C=O) groups excluding carboxylic acids is 1. The Hall–Kier alpha value is -1.30. The molecule has 0 aromatic rings. The van der Waals surface area contributed by atoms with Gasteiger partial charge in [0.25, 0.3) is 0 Å². The normalized spacial score (nSPS) is 19.2. The predicted molar refractivity (Wildman–Crippen MR) is 73.1 cm³/mol. The van der Waals surface area contributed by atoms with Gasteiger partial charge in [-0.2, -0.15) is 0 Å². The number of likely N-dealkylation sites (N-methyl/N-ethyl adjacent to an activating group) is 2. The Morgan fingerprint density at radius 3 is 2.21 bits per heavy atom. The minimum Gasteiger partial charge on any atom is -0.480 e. The van der Waals surface area contributed by atoms with Crippen LogP contribution in [-0.2, 0) is 4.79 Å². The molecule has 0 spiro atoms. The van der Waals surface area contributed by atoms with E-state index in [1.807, 2.05) is 14.1 Å². The van der Waals surface area contributed by atoms with E-state index < -0.39 is 12.0 Å². The van der Waals surface area contributed by atoms with Crippen molar-refractivity contribution in [1.29, 1.82) is 0 Å². The highest BCUT2D eigenvalue weighted by Crippen LogP contribution is 2.33. The molecule has 2 N–H and O–H groups in total. The molecular weight excluding hydrogens is 246 g/mol. The third-order valence-corrected chi connectivity index (χ3v) is 4.31. The highest BCUT2D eigenvalue weighted by atomic mass is 16.4. The van der Waals surface area contributed by atoms with Crippen molar-refractivity contribution in [3.8, 4) is 0 Å². The van der Waals surface area contributed by atoms with E-state index in [4.69, 9.17) is 5.11 Å². The van der Waals surface area contributed by atoms with E-state index in [1.165, 1.54) is 31.7 Å². The van der Waals surface area contributed by atoms with Crippen molar-refractivity contribution in [3.05, 3.63) is 0 Å². The van der Waals surface area contributed by atoms with Crippen LogP contribution in [0, 0.1) is 0 Å². The number of aliphatic carboxylic acids is 1. The van der Waals surface area contributed by atoms with Crippen LogP contribution in [0.4, 0.5) is 4.79 Å². The minimum absolute atomic E-state index is 0.0168. The Morgan fingerprint density at radius 1 is 1.26 bits per heavy atom. The quantitative estimate of drug-likeness (QED) is 0.781. The number of carboxylic acids is 1. The molecule has 1 aliphatic rings. The van der Waals surface area contributed by atoms with Gasteiger partial charge < -0.3 is 20.2 Å². The smallest absolute Gasteiger partial charge is 0.326 e. The molecule has 6 heteroatoms. The van der Waals surface area contributed by atoms with Crippen LogP contribution < -0.4 is 5.32 Å². The molecule has 0 aromatic carbocycles. The third-order valence-electron chi connectivity index (χ3n) is 4.31. The van der Waals surface area contributed by atoms with E-state index in [2.05, 4.69) is 10.2 Å². The molecule has 1 rings (SSSR count). The van der Waals surface area contributed by atoms with Crippen molar-refractivity contribution in [2.24, 2.45) is 0 Å². The number of carbonyl (C=O) groups is 2. The zero-order valence-corrected chi connectivity index (χ0v) is 12.3. The molecule has 19 heavy (non-hydrogen) atoms. The van der Waals surface area contributed by atoms with Crippen molar-refractivity contribution in [1.82, 2.24) is 15.1 Å². The number of hydrogen-bond donors (Lipinski definition) is 2. The van der Waals surface area contributed by atoms with Gasteiger partial charge in [0.1, 0.15) is 6.04 Å². The summed E-state index contributed by atoms with van der Waals surface area (Å²) in [5.41, 5.74) is 0.0168. The molecule has 0 aliphatic heterocycles. The van der Waals surface area contributed by atoms with Gasteiger partial charge in [-0.25, -0.2) is 9.59 Å². The number of carboxylic acid groups (broad SMARTS) is 1. The van der Waals surface area contributed by atoms with E-state index >= 15 is 0 Å². The zero-order valence-electron chi connectivity index (χ0n) is 12.3. The summed E-state index contributed by atoms with van der Waals surface area (Å²) in [5, 5.41) is 11.8. The number of nitrogens with one attached hydrogen (secondary N) is 1. The van der Waals surface area contributed by atoms with Crippen LogP contribution in [0.1, 0.15) is 32.6 Å². The van der Waals surface area contributed by atoms with E-state index in [0.29, 0.717) is 6.54 Å². The molecule has 1 fully saturated rings. The molecule has 6 nitrogen and oxygen atoms in total. The number of urea groups is 1. The van der Waals surface area contributed by atoms with Crippen LogP contribution in [0.25, 0.3) is 0 Å². The standard InChI is InChI=1S/C13H25N3O3/c1-10(11(17)18)16(4)12(19)14-9-13(15(2)3)7-5-6-8-13/h10H,5-9H2,1-4H3,(H,14,19)(H,17,18). The molecule has 1 aliphatic carbocycles. The molecule has 110 valence electrons. The number of rotatable bonds is 5. The second-order valence-electron chi connectivity index (χ2n) is 5.61. The van der Waals surface area contributed by atoms with Crippen molar-refractivity contribution in [3.63, 3.8) is 0 Å². The van der Waals surface area contributed by atoms with Gasteiger partial charge in [-0.15, -0.1) is 0 Å². The van der Waals surface area contributed by atoms with Crippen molar-refractivity contribution in [2.75, 3.05) is 27.7 Å². The topological polar surface area (TPSA) is 72.9 Å². The van der Waals surface area contributed by atoms with E-state index in [1.54, 1.807) is 0 Å². The Kier molecular flexibility index (Phi) is 5.17. The first-order chi connectivity index (χ1) is 8.80. The first-order valence-corrected chi connectivity index (χ1v) is 6.71. The lowest BCUT2D eigenvalue weighted by atomic mass is 9.96. The molecule has 1 saturated carbocycles. The van der Waals surface area contributed by atoms with E-state index in [0.717, 1.165) is 12.8 Å².